The van der Waals surface area contributed by atoms with E-state index in [0.717, 1.165) is 43.1 Å². The maximum Gasteiger partial charge on any atom is 0.159 e. The molecule has 0 amide bonds. The number of carbonyl (C=O) groups is 1. The van der Waals surface area contributed by atoms with Gasteiger partial charge in [-0.1, -0.05) is 18.2 Å². The van der Waals surface area contributed by atoms with E-state index >= 15 is 0 Å². The molecule has 1 aliphatic heterocycles. The van der Waals surface area contributed by atoms with Gasteiger partial charge in [0.25, 0.3) is 0 Å². The molecule has 0 spiro atoms. The number of anilines is 2. The Hall–Kier alpha value is -2.88. The second kappa shape index (κ2) is 6.55. The average Bonchev–Trinajstić information content (AvgIpc) is 2.68. The number of hydrogen-bond donors (Lipinski definition) is 0. The third-order valence-corrected chi connectivity index (χ3v) is 4.83. The summed E-state index contributed by atoms with van der Waals surface area (Å²) in [5.74, 6) is 1.16. The summed E-state index contributed by atoms with van der Waals surface area (Å²) in [6, 6.07) is 20.4. The standard InChI is InChI=1S/C21H21N3O/c1-16(25)17-6-9-19(10-7-17)23-12-14-24(15-13-23)21-11-8-18-4-2-3-5-20(18)22-21/h2-11H,12-15H2,1H3. The molecular formula is C21H21N3O. The van der Waals surface area contributed by atoms with Crippen LogP contribution in [0.4, 0.5) is 11.5 Å². The van der Waals surface area contributed by atoms with Crippen molar-refractivity contribution in [1.82, 2.24) is 4.98 Å². The zero-order valence-corrected chi connectivity index (χ0v) is 14.4. The molecule has 4 nitrogen and oxygen atoms in total. The Kier molecular flexibility index (Phi) is 4.10. The van der Waals surface area contributed by atoms with Crippen LogP contribution in [0.3, 0.4) is 0 Å². The van der Waals surface area contributed by atoms with Crippen LogP contribution < -0.4 is 9.80 Å². The monoisotopic (exact) mass is 331 g/mol. The Bertz CT molecular complexity index is 896. The maximum atomic E-state index is 11.4. The minimum Gasteiger partial charge on any atom is -0.368 e. The van der Waals surface area contributed by atoms with E-state index in [4.69, 9.17) is 4.98 Å². The number of hydrogen-bond acceptors (Lipinski definition) is 4. The zero-order valence-electron chi connectivity index (χ0n) is 14.4. The van der Waals surface area contributed by atoms with Gasteiger partial charge in [0.2, 0.25) is 0 Å². The minimum absolute atomic E-state index is 0.110. The fourth-order valence-corrected chi connectivity index (χ4v) is 3.33. The highest BCUT2D eigenvalue weighted by atomic mass is 16.1. The smallest absolute Gasteiger partial charge is 0.159 e. The topological polar surface area (TPSA) is 36.4 Å². The molecule has 0 aliphatic carbocycles. The van der Waals surface area contributed by atoms with Crippen LogP contribution in [-0.4, -0.2) is 36.9 Å². The fourth-order valence-electron chi connectivity index (χ4n) is 3.33. The van der Waals surface area contributed by atoms with Crippen molar-refractivity contribution in [1.29, 1.82) is 0 Å². The van der Waals surface area contributed by atoms with E-state index in [1.807, 2.05) is 36.4 Å². The molecule has 25 heavy (non-hydrogen) atoms. The molecule has 1 saturated heterocycles. The van der Waals surface area contributed by atoms with Gasteiger partial charge in [-0.3, -0.25) is 4.79 Å². The van der Waals surface area contributed by atoms with Gasteiger partial charge in [-0.15, -0.1) is 0 Å². The molecule has 126 valence electrons. The first-order valence-corrected chi connectivity index (χ1v) is 8.67. The molecule has 0 atom stereocenters. The summed E-state index contributed by atoms with van der Waals surface area (Å²) in [5, 5.41) is 1.18. The fraction of sp³-hybridized carbons (Fsp3) is 0.238. The van der Waals surface area contributed by atoms with Crippen LogP contribution in [0, 0.1) is 0 Å². The minimum atomic E-state index is 0.110. The van der Waals surface area contributed by atoms with Crippen LogP contribution in [0.25, 0.3) is 10.9 Å². The highest BCUT2D eigenvalue weighted by Gasteiger charge is 2.18. The second-order valence-corrected chi connectivity index (χ2v) is 6.44. The number of fused-ring (bicyclic) bond motifs is 1. The number of nitrogens with zero attached hydrogens (tertiary/aromatic N) is 3. The van der Waals surface area contributed by atoms with Gasteiger partial charge in [0, 0.05) is 42.8 Å². The Labute approximate surface area is 147 Å². The van der Waals surface area contributed by atoms with Crippen molar-refractivity contribution in [2.24, 2.45) is 0 Å². The first kappa shape index (κ1) is 15.6. The number of Topliss-reactive ketones (excluding diaryl/α,β-unsaturated/α-hetero) is 1. The molecule has 4 heteroatoms. The quantitative estimate of drug-likeness (QED) is 0.685. The zero-order chi connectivity index (χ0) is 17.2. The summed E-state index contributed by atoms with van der Waals surface area (Å²) >= 11 is 0. The molecule has 2 heterocycles. The Morgan fingerprint density at radius 1 is 0.840 bits per heavy atom. The lowest BCUT2D eigenvalue weighted by molar-refractivity contribution is 0.101. The van der Waals surface area contributed by atoms with E-state index in [1.54, 1.807) is 6.92 Å². The molecule has 0 saturated carbocycles. The summed E-state index contributed by atoms with van der Waals surface area (Å²) in [4.78, 5) is 20.9. The lowest BCUT2D eigenvalue weighted by Gasteiger charge is -2.36. The Morgan fingerprint density at radius 2 is 1.52 bits per heavy atom. The summed E-state index contributed by atoms with van der Waals surface area (Å²) < 4.78 is 0. The second-order valence-electron chi connectivity index (χ2n) is 6.44. The van der Waals surface area contributed by atoms with E-state index in [0.29, 0.717) is 0 Å². The Balaban J connectivity index is 1.46. The van der Waals surface area contributed by atoms with Gasteiger partial charge in [0.15, 0.2) is 5.78 Å². The van der Waals surface area contributed by atoms with E-state index in [2.05, 4.69) is 34.1 Å². The number of ketones is 1. The number of para-hydroxylation sites is 1. The summed E-state index contributed by atoms with van der Waals surface area (Å²) in [6.45, 7) is 5.39. The number of piperazine rings is 1. The first-order chi connectivity index (χ1) is 12.2. The lowest BCUT2D eigenvalue weighted by atomic mass is 10.1. The molecule has 1 aliphatic rings. The van der Waals surface area contributed by atoms with Gasteiger partial charge in [-0.2, -0.15) is 0 Å². The predicted molar refractivity (Wildman–Crippen MR) is 103 cm³/mol. The Morgan fingerprint density at radius 3 is 2.24 bits per heavy atom. The van der Waals surface area contributed by atoms with Gasteiger partial charge in [0.1, 0.15) is 5.82 Å². The molecule has 1 aromatic heterocycles. The van der Waals surface area contributed by atoms with Crippen molar-refractivity contribution in [3.8, 4) is 0 Å². The highest BCUT2D eigenvalue weighted by molar-refractivity contribution is 5.94. The van der Waals surface area contributed by atoms with Crippen LogP contribution >= 0.6 is 0 Å². The number of benzene rings is 2. The van der Waals surface area contributed by atoms with Crippen LogP contribution in [-0.2, 0) is 0 Å². The summed E-state index contributed by atoms with van der Waals surface area (Å²) in [7, 11) is 0. The maximum absolute atomic E-state index is 11.4. The molecular weight excluding hydrogens is 310 g/mol. The highest BCUT2D eigenvalue weighted by Crippen LogP contribution is 2.22. The SMILES string of the molecule is CC(=O)c1ccc(N2CCN(c3ccc4ccccc4n3)CC2)cc1. The largest absolute Gasteiger partial charge is 0.368 e. The van der Waals surface area contributed by atoms with E-state index < -0.39 is 0 Å². The molecule has 1 fully saturated rings. The van der Waals surface area contributed by atoms with Gasteiger partial charge in [0.05, 0.1) is 5.52 Å². The molecule has 2 aromatic carbocycles. The summed E-state index contributed by atoms with van der Waals surface area (Å²) in [6.07, 6.45) is 0. The van der Waals surface area contributed by atoms with Crippen molar-refractivity contribution in [2.75, 3.05) is 36.0 Å². The van der Waals surface area contributed by atoms with Crippen LogP contribution in [0.2, 0.25) is 0 Å². The van der Waals surface area contributed by atoms with Gasteiger partial charge in [-0.05, 0) is 49.4 Å². The van der Waals surface area contributed by atoms with Crippen molar-refractivity contribution >= 4 is 28.2 Å². The molecule has 0 N–H and O–H groups in total. The van der Waals surface area contributed by atoms with Gasteiger partial charge < -0.3 is 9.80 Å². The molecule has 0 bridgehead atoms. The number of aromatic nitrogens is 1. The van der Waals surface area contributed by atoms with Gasteiger partial charge >= 0.3 is 0 Å². The third-order valence-electron chi connectivity index (χ3n) is 4.83. The number of carbonyl (C=O) groups excluding carboxylic acids is 1. The van der Waals surface area contributed by atoms with E-state index in [-0.39, 0.29) is 5.78 Å². The number of rotatable bonds is 3. The van der Waals surface area contributed by atoms with Crippen molar-refractivity contribution < 1.29 is 4.79 Å². The number of pyridine rings is 1. The van der Waals surface area contributed by atoms with Crippen LogP contribution in [0.15, 0.2) is 60.7 Å². The third kappa shape index (κ3) is 3.20. The molecule has 3 aromatic rings. The molecule has 0 unspecified atom stereocenters. The van der Waals surface area contributed by atoms with Crippen LogP contribution in [0.1, 0.15) is 17.3 Å². The predicted octanol–water partition coefficient (Wildman–Crippen LogP) is 3.76. The molecule has 4 rings (SSSR count). The van der Waals surface area contributed by atoms with E-state index in [1.165, 1.54) is 11.1 Å². The van der Waals surface area contributed by atoms with Crippen LogP contribution in [0.5, 0.6) is 0 Å². The summed E-state index contributed by atoms with van der Waals surface area (Å²) in [5.41, 5.74) is 2.99. The van der Waals surface area contributed by atoms with Gasteiger partial charge in [-0.25, -0.2) is 4.98 Å². The average molecular weight is 331 g/mol. The van der Waals surface area contributed by atoms with Crippen molar-refractivity contribution in [3.63, 3.8) is 0 Å². The van der Waals surface area contributed by atoms with Crippen molar-refractivity contribution in [2.45, 2.75) is 6.92 Å². The van der Waals surface area contributed by atoms with E-state index in [9.17, 15) is 4.79 Å². The lowest BCUT2D eigenvalue weighted by Crippen LogP contribution is -2.46. The van der Waals surface area contributed by atoms with Crippen molar-refractivity contribution in [3.05, 3.63) is 66.2 Å². The normalized spacial score (nSPS) is 14.8. The first-order valence-electron chi connectivity index (χ1n) is 8.67. The molecule has 0 radical (unpaired) electrons.